The van der Waals surface area contributed by atoms with Crippen LogP contribution in [0.2, 0.25) is 0 Å². The van der Waals surface area contributed by atoms with Gasteiger partial charge in [0.15, 0.2) is 0 Å². The van der Waals surface area contributed by atoms with Crippen LogP contribution in [-0.2, 0) is 4.79 Å². The van der Waals surface area contributed by atoms with Crippen LogP contribution in [-0.4, -0.2) is 49.0 Å². The quantitative estimate of drug-likeness (QED) is 0.852. The van der Waals surface area contributed by atoms with Gasteiger partial charge in [-0.2, -0.15) is 11.8 Å². The largest absolute Gasteiger partial charge is 0.312 e. The molecule has 0 saturated carbocycles. The van der Waals surface area contributed by atoms with E-state index in [1.807, 2.05) is 16.7 Å². The Labute approximate surface area is 138 Å². The van der Waals surface area contributed by atoms with E-state index in [0.717, 1.165) is 51.1 Å². The van der Waals surface area contributed by atoms with Gasteiger partial charge in [0.2, 0.25) is 5.91 Å². The zero-order valence-corrected chi connectivity index (χ0v) is 14.5. The first-order chi connectivity index (χ1) is 10.6. The smallest absolute Gasteiger partial charge is 0.233 e. The molecule has 2 aliphatic heterocycles. The van der Waals surface area contributed by atoms with Crippen molar-refractivity contribution in [1.82, 2.24) is 4.90 Å². The van der Waals surface area contributed by atoms with Crippen LogP contribution in [0.4, 0.5) is 5.69 Å². The average molecular weight is 318 g/mol. The number of nitrogens with zero attached hydrogens (tertiary/aromatic N) is 2. The Balaban J connectivity index is 1.65. The maximum absolute atomic E-state index is 13.0. The van der Waals surface area contributed by atoms with Gasteiger partial charge in [-0.25, -0.2) is 0 Å². The zero-order chi connectivity index (χ0) is 15.6. The number of hydrogen-bond acceptors (Lipinski definition) is 3. The van der Waals surface area contributed by atoms with E-state index in [-0.39, 0.29) is 5.41 Å². The van der Waals surface area contributed by atoms with Gasteiger partial charge in [-0.15, -0.1) is 0 Å². The molecule has 2 aliphatic rings. The fourth-order valence-electron chi connectivity index (χ4n) is 3.68. The van der Waals surface area contributed by atoms with Crippen molar-refractivity contribution in [3.8, 4) is 0 Å². The molecule has 0 aromatic heterocycles. The van der Waals surface area contributed by atoms with Crippen LogP contribution in [0.1, 0.15) is 24.8 Å². The molecule has 0 radical (unpaired) electrons. The van der Waals surface area contributed by atoms with Crippen LogP contribution in [0.3, 0.4) is 0 Å². The minimum absolute atomic E-state index is 0.0826. The third-order valence-electron chi connectivity index (χ3n) is 5.28. The summed E-state index contributed by atoms with van der Waals surface area (Å²) in [7, 11) is 0. The molecule has 2 fully saturated rings. The topological polar surface area (TPSA) is 23.6 Å². The summed E-state index contributed by atoms with van der Waals surface area (Å²) in [5, 5.41) is 0. The zero-order valence-electron chi connectivity index (χ0n) is 13.7. The fraction of sp³-hybridized carbons (Fsp3) is 0.611. The van der Waals surface area contributed by atoms with Crippen molar-refractivity contribution < 1.29 is 4.79 Å². The van der Waals surface area contributed by atoms with Gasteiger partial charge >= 0.3 is 0 Å². The lowest BCUT2D eigenvalue weighted by Gasteiger charge is -2.37. The van der Waals surface area contributed by atoms with Crippen LogP contribution < -0.4 is 4.90 Å². The molecule has 0 unspecified atom stereocenters. The van der Waals surface area contributed by atoms with E-state index in [9.17, 15) is 4.79 Å². The molecule has 3 nitrogen and oxygen atoms in total. The summed E-state index contributed by atoms with van der Waals surface area (Å²) in [6, 6.07) is 8.36. The highest BCUT2D eigenvalue weighted by Gasteiger charge is 2.48. The Hall–Kier alpha value is -1.00. The van der Waals surface area contributed by atoms with Crippen LogP contribution in [0.5, 0.6) is 0 Å². The SMILES string of the molecule is CSCCN1CCC2(CC1)CCN(c1ccc(C)cc1)C2=O. The van der Waals surface area contributed by atoms with Crippen LogP contribution in [0, 0.1) is 12.3 Å². The molecular formula is C18H26N2OS. The van der Waals surface area contributed by atoms with Crippen molar-refractivity contribution in [2.24, 2.45) is 5.41 Å². The number of benzene rings is 1. The highest BCUT2D eigenvalue weighted by atomic mass is 32.2. The van der Waals surface area contributed by atoms with E-state index in [4.69, 9.17) is 0 Å². The average Bonchev–Trinajstić information content (AvgIpc) is 2.85. The predicted molar refractivity (Wildman–Crippen MR) is 94.6 cm³/mol. The Morgan fingerprint density at radius 3 is 2.36 bits per heavy atom. The van der Waals surface area contributed by atoms with Gasteiger partial charge in [-0.1, -0.05) is 17.7 Å². The van der Waals surface area contributed by atoms with Gasteiger partial charge in [0.1, 0.15) is 0 Å². The number of likely N-dealkylation sites (tertiary alicyclic amines) is 1. The normalized spacial score (nSPS) is 21.7. The first-order valence-corrected chi connectivity index (χ1v) is 9.64. The van der Waals surface area contributed by atoms with Gasteiger partial charge in [-0.3, -0.25) is 4.79 Å². The molecule has 120 valence electrons. The maximum atomic E-state index is 13.0. The summed E-state index contributed by atoms with van der Waals surface area (Å²) in [5.74, 6) is 1.55. The summed E-state index contributed by atoms with van der Waals surface area (Å²) in [6.07, 6.45) is 5.24. The molecule has 1 aromatic rings. The number of anilines is 1. The molecule has 2 heterocycles. The molecule has 2 saturated heterocycles. The molecule has 4 heteroatoms. The molecule has 0 atom stereocenters. The lowest BCUT2D eigenvalue weighted by molar-refractivity contribution is -0.127. The fourth-order valence-corrected chi connectivity index (χ4v) is 4.12. The molecule has 0 aliphatic carbocycles. The molecule has 0 bridgehead atoms. The van der Waals surface area contributed by atoms with E-state index in [1.165, 1.54) is 11.3 Å². The second kappa shape index (κ2) is 6.63. The number of carbonyl (C=O) groups excluding carboxylic acids is 1. The van der Waals surface area contributed by atoms with Gasteiger partial charge in [0, 0.05) is 24.5 Å². The Kier molecular flexibility index (Phi) is 4.79. The molecular weight excluding hydrogens is 292 g/mol. The third-order valence-corrected chi connectivity index (χ3v) is 5.87. The molecule has 1 amide bonds. The number of aryl methyl sites for hydroxylation is 1. The van der Waals surface area contributed by atoms with E-state index < -0.39 is 0 Å². The minimum Gasteiger partial charge on any atom is -0.312 e. The number of rotatable bonds is 4. The van der Waals surface area contributed by atoms with Gasteiger partial charge in [-0.05, 0) is 57.7 Å². The molecule has 3 rings (SSSR count). The number of amides is 1. The number of hydrogen-bond donors (Lipinski definition) is 0. The van der Waals surface area contributed by atoms with Crippen LogP contribution in [0.15, 0.2) is 24.3 Å². The van der Waals surface area contributed by atoms with Crippen molar-refractivity contribution in [1.29, 1.82) is 0 Å². The lowest BCUT2D eigenvalue weighted by atomic mass is 9.77. The summed E-state index contributed by atoms with van der Waals surface area (Å²) in [5.41, 5.74) is 2.23. The molecule has 1 spiro atoms. The highest BCUT2D eigenvalue weighted by molar-refractivity contribution is 7.98. The first kappa shape index (κ1) is 15.9. The number of piperidine rings is 1. The van der Waals surface area contributed by atoms with E-state index >= 15 is 0 Å². The minimum atomic E-state index is -0.0826. The summed E-state index contributed by atoms with van der Waals surface area (Å²) >= 11 is 1.90. The second-order valence-corrected chi connectivity index (χ2v) is 7.64. The Morgan fingerprint density at radius 2 is 1.73 bits per heavy atom. The van der Waals surface area contributed by atoms with Crippen molar-refractivity contribution in [3.63, 3.8) is 0 Å². The highest BCUT2D eigenvalue weighted by Crippen LogP contribution is 2.43. The van der Waals surface area contributed by atoms with Crippen LogP contribution >= 0.6 is 11.8 Å². The van der Waals surface area contributed by atoms with E-state index in [0.29, 0.717) is 5.91 Å². The van der Waals surface area contributed by atoms with Gasteiger partial charge in [0.25, 0.3) is 0 Å². The maximum Gasteiger partial charge on any atom is 0.233 e. The van der Waals surface area contributed by atoms with E-state index in [2.05, 4.69) is 42.3 Å². The van der Waals surface area contributed by atoms with Crippen molar-refractivity contribution in [2.45, 2.75) is 26.2 Å². The molecule has 0 N–H and O–H groups in total. The summed E-state index contributed by atoms with van der Waals surface area (Å²) in [6.45, 7) is 6.28. The van der Waals surface area contributed by atoms with E-state index in [1.54, 1.807) is 0 Å². The predicted octanol–water partition coefficient (Wildman–Crippen LogP) is 3.18. The lowest BCUT2D eigenvalue weighted by Crippen LogP contribution is -2.45. The molecule has 1 aromatic carbocycles. The standard InChI is InChI=1S/C18H26N2OS/c1-15-3-5-16(6-4-15)20-12-9-18(17(20)21)7-10-19(11-8-18)13-14-22-2/h3-6H,7-14H2,1-2H3. The second-order valence-electron chi connectivity index (χ2n) is 6.66. The third kappa shape index (κ3) is 3.04. The summed E-state index contributed by atoms with van der Waals surface area (Å²) < 4.78 is 0. The Bertz CT molecular complexity index is 520. The summed E-state index contributed by atoms with van der Waals surface area (Å²) in [4.78, 5) is 17.5. The van der Waals surface area contributed by atoms with Crippen molar-refractivity contribution in [3.05, 3.63) is 29.8 Å². The molecule has 22 heavy (non-hydrogen) atoms. The van der Waals surface area contributed by atoms with Gasteiger partial charge in [0.05, 0.1) is 5.41 Å². The van der Waals surface area contributed by atoms with Crippen molar-refractivity contribution >= 4 is 23.4 Å². The number of carbonyl (C=O) groups is 1. The monoisotopic (exact) mass is 318 g/mol. The Morgan fingerprint density at radius 1 is 1.09 bits per heavy atom. The first-order valence-electron chi connectivity index (χ1n) is 8.25. The van der Waals surface area contributed by atoms with Gasteiger partial charge < -0.3 is 9.80 Å². The van der Waals surface area contributed by atoms with Crippen molar-refractivity contribution in [2.75, 3.05) is 43.1 Å². The number of thioether (sulfide) groups is 1. The van der Waals surface area contributed by atoms with Crippen LogP contribution in [0.25, 0.3) is 0 Å².